The van der Waals surface area contributed by atoms with Gasteiger partial charge in [0.15, 0.2) is 0 Å². The number of hydrogen-bond donors (Lipinski definition) is 1. The Kier molecular flexibility index (Phi) is 6.01. The maximum absolute atomic E-state index is 10.4. The first kappa shape index (κ1) is 15.3. The molecule has 2 heteroatoms. The minimum Gasteiger partial charge on any atom is -0.481 e. The summed E-state index contributed by atoms with van der Waals surface area (Å²) >= 11 is 0. The van der Waals surface area contributed by atoms with E-state index < -0.39 is 5.97 Å². The molecule has 0 spiro atoms. The Morgan fingerprint density at radius 2 is 1.38 bits per heavy atom. The number of carboxylic acid groups (broad SMARTS) is 1. The predicted molar refractivity (Wildman–Crippen MR) is 86.3 cm³/mol. The van der Waals surface area contributed by atoms with Crippen LogP contribution in [0.25, 0.3) is 11.1 Å². The summed E-state index contributed by atoms with van der Waals surface area (Å²) in [6.07, 6.45) is 5.41. The zero-order chi connectivity index (χ0) is 14.9. The summed E-state index contributed by atoms with van der Waals surface area (Å²) in [7, 11) is 0. The highest BCUT2D eigenvalue weighted by molar-refractivity contribution is 5.66. The maximum Gasteiger partial charge on any atom is 0.303 e. The Hall–Kier alpha value is -2.09. The highest BCUT2D eigenvalue weighted by atomic mass is 16.4. The molecule has 0 saturated carbocycles. The highest BCUT2D eigenvalue weighted by Gasteiger charge is 1.99. The fraction of sp³-hybridized carbons (Fsp3) is 0.316. The van der Waals surface area contributed by atoms with Gasteiger partial charge in [-0.1, -0.05) is 67.4 Å². The van der Waals surface area contributed by atoms with Crippen LogP contribution in [0.3, 0.4) is 0 Å². The van der Waals surface area contributed by atoms with Crippen LogP contribution in [-0.4, -0.2) is 11.1 Å². The summed E-state index contributed by atoms with van der Waals surface area (Å²) in [6, 6.07) is 19.1. The number of unbranched alkanes of at least 4 members (excludes halogenated alkanes) is 3. The Labute approximate surface area is 126 Å². The van der Waals surface area contributed by atoms with Crippen LogP contribution in [0.2, 0.25) is 0 Å². The lowest BCUT2D eigenvalue weighted by molar-refractivity contribution is -0.137. The predicted octanol–water partition coefficient (Wildman–Crippen LogP) is 4.93. The number of aryl methyl sites for hydroxylation is 1. The van der Waals surface area contributed by atoms with Gasteiger partial charge in [-0.05, 0) is 36.0 Å². The Bertz CT molecular complexity index is 544. The lowest BCUT2D eigenvalue weighted by Crippen LogP contribution is -1.94. The number of carbonyl (C=O) groups is 1. The van der Waals surface area contributed by atoms with Crippen molar-refractivity contribution >= 4 is 5.97 Å². The second-order valence-electron chi connectivity index (χ2n) is 5.37. The number of rotatable bonds is 8. The normalized spacial score (nSPS) is 10.5. The minimum atomic E-state index is -0.688. The van der Waals surface area contributed by atoms with E-state index in [-0.39, 0.29) is 0 Å². The van der Waals surface area contributed by atoms with Crippen molar-refractivity contribution < 1.29 is 9.90 Å². The molecule has 2 aromatic rings. The van der Waals surface area contributed by atoms with Gasteiger partial charge < -0.3 is 5.11 Å². The topological polar surface area (TPSA) is 37.3 Å². The van der Waals surface area contributed by atoms with E-state index in [9.17, 15) is 4.79 Å². The zero-order valence-electron chi connectivity index (χ0n) is 12.3. The van der Waals surface area contributed by atoms with Crippen molar-refractivity contribution in [2.75, 3.05) is 0 Å². The van der Waals surface area contributed by atoms with Crippen LogP contribution in [0.4, 0.5) is 0 Å². The fourth-order valence-corrected chi connectivity index (χ4v) is 2.45. The molecule has 0 radical (unpaired) electrons. The summed E-state index contributed by atoms with van der Waals surface area (Å²) in [5.41, 5.74) is 3.85. The van der Waals surface area contributed by atoms with Crippen molar-refractivity contribution in [3.05, 3.63) is 60.2 Å². The summed E-state index contributed by atoms with van der Waals surface area (Å²) in [5, 5.41) is 8.57. The summed E-state index contributed by atoms with van der Waals surface area (Å²) in [5.74, 6) is -0.688. The molecule has 2 rings (SSSR count). The molecule has 0 saturated heterocycles. The van der Waals surface area contributed by atoms with Gasteiger partial charge in [-0.25, -0.2) is 0 Å². The SMILES string of the molecule is O=C(O)CCCCCCc1ccc(-c2ccccc2)cc1. The largest absolute Gasteiger partial charge is 0.481 e. The molecular weight excluding hydrogens is 260 g/mol. The molecular formula is C19H22O2. The standard InChI is InChI=1S/C19H22O2/c20-19(21)11-7-2-1-4-8-16-12-14-18(15-13-16)17-9-5-3-6-10-17/h3,5-6,9-10,12-15H,1-2,4,7-8,11H2,(H,20,21). The fourth-order valence-electron chi connectivity index (χ4n) is 2.45. The van der Waals surface area contributed by atoms with Crippen molar-refractivity contribution in [1.82, 2.24) is 0 Å². The van der Waals surface area contributed by atoms with Crippen LogP contribution in [-0.2, 0) is 11.2 Å². The zero-order valence-corrected chi connectivity index (χ0v) is 12.3. The van der Waals surface area contributed by atoms with Crippen LogP contribution in [0.1, 0.15) is 37.7 Å². The van der Waals surface area contributed by atoms with E-state index in [1.807, 2.05) is 6.07 Å². The molecule has 0 aromatic heterocycles. The van der Waals surface area contributed by atoms with Gasteiger partial charge in [0.1, 0.15) is 0 Å². The van der Waals surface area contributed by atoms with Gasteiger partial charge in [0.05, 0.1) is 0 Å². The molecule has 0 bridgehead atoms. The Morgan fingerprint density at radius 1 is 0.762 bits per heavy atom. The number of carboxylic acids is 1. The van der Waals surface area contributed by atoms with Gasteiger partial charge in [-0.2, -0.15) is 0 Å². The van der Waals surface area contributed by atoms with Gasteiger partial charge in [-0.3, -0.25) is 4.79 Å². The van der Waals surface area contributed by atoms with E-state index in [2.05, 4.69) is 48.5 Å². The first-order valence-corrected chi connectivity index (χ1v) is 7.62. The van der Waals surface area contributed by atoms with E-state index in [0.29, 0.717) is 6.42 Å². The van der Waals surface area contributed by atoms with E-state index in [4.69, 9.17) is 5.11 Å². The molecule has 0 aliphatic carbocycles. The third-order valence-electron chi connectivity index (χ3n) is 3.67. The number of hydrogen-bond acceptors (Lipinski definition) is 1. The molecule has 0 atom stereocenters. The smallest absolute Gasteiger partial charge is 0.303 e. The lowest BCUT2D eigenvalue weighted by atomic mass is 10.0. The second kappa shape index (κ2) is 8.25. The van der Waals surface area contributed by atoms with Gasteiger partial charge in [-0.15, -0.1) is 0 Å². The van der Waals surface area contributed by atoms with Crippen molar-refractivity contribution in [1.29, 1.82) is 0 Å². The molecule has 2 nitrogen and oxygen atoms in total. The van der Waals surface area contributed by atoms with E-state index in [1.54, 1.807) is 0 Å². The average molecular weight is 282 g/mol. The van der Waals surface area contributed by atoms with Crippen molar-refractivity contribution in [3.63, 3.8) is 0 Å². The number of aliphatic carboxylic acids is 1. The van der Waals surface area contributed by atoms with Gasteiger partial charge in [0, 0.05) is 6.42 Å². The minimum absolute atomic E-state index is 0.297. The van der Waals surface area contributed by atoms with E-state index >= 15 is 0 Å². The first-order chi connectivity index (χ1) is 10.3. The van der Waals surface area contributed by atoms with Crippen LogP contribution >= 0.6 is 0 Å². The maximum atomic E-state index is 10.4. The molecule has 0 amide bonds. The molecule has 1 N–H and O–H groups in total. The molecule has 0 unspecified atom stereocenters. The quantitative estimate of drug-likeness (QED) is 0.697. The first-order valence-electron chi connectivity index (χ1n) is 7.62. The van der Waals surface area contributed by atoms with Crippen molar-refractivity contribution in [3.8, 4) is 11.1 Å². The average Bonchev–Trinajstić information content (AvgIpc) is 2.52. The second-order valence-corrected chi connectivity index (χ2v) is 5.37. The van der Waals surface area contributed by atoms with Crippen LogP contribution in [0.15, 0.2) is 54.6 Å². The molecule has 21 heavy (non-hydrogen) atoms. The third-order valence-corrected chi connectivity index (χ3v) is 3.67. The molecule has 0 aliphatic heterocycles. The molecule has 0 heterocycles. The van der Waals surface area contributed by atoms with E-state index in [0.717, 1.165) is 32.1 Å². The third kappa shape index (κ3) is 5.42. The van der Waals surface area contributed by atoms with Crippen LogP contribution < -0.4 is 0 Å². The monoisotopic (exact) mass is 282 g/mol. The summed E-state index contributed by atoms with van der Waals surface area (Å²) < 4.78 is 0. The van der Waals surface area contributed by atoms with Crippen molar-refractivity contribution in [2.45, 2.75) is 38.5 Å². The summed E-state index contributed by atoms with van der Waals surface area (Å²) in [4.78, 5) is 10.4. The van der Waals surface area contributed by atoms with Gasteiger partial charge in [0.25, 0.3) is 0 Å². The highest BCUT2D eigenvalue weighted by Crippen LogP contribution is 2.20. The van der Waals surface area contributed by atoms with Gasteiger partial charge in [0.2, 0.25) is 0 Å². The lowest BCUT2D eigenvalue weighted by Gasteiger charge is -2.05. The van der Waals surface area contributed by atoms with E-state index in [1.165, 1.54) is 16.7 Å². The van der Waals surface area contributed by atoms with Crippen LogP contribution in [0, 0.1) is 0 Å². The molecule has 2 aromatic carbocycles. The van der Waals surface area contributed by atoms with Crippen molar-refractivity contribution in [2.24, 2.45) is 0 Å². The van der Waals surface area contributed by atoms with Gasteiger partial charge >= 0.3 is 5.97 Å². The Balaban J connectivity index is 1.74. The molecule has 0 fully saturated rings. The summed E-state index contributed by atoms with van der Waals surface area (Å²) in [6.45, 7) is 0. The molecule has 110 valence electrons. The van der Waals surface area contributed by atoms with Crippen LogP contribution in [0.5, 0.6) is 0 Å². The Morgan fingerprint density at radius 3 is 2.05 bits per heavy atom. The number of benzene rings is 2. The molecule has 0 aliphatic rings.